The number of hydrogen-bond acceptors (Lipinski definition) is 2. The Bertz CT molecular complexity index is 529. The number of carbonyl (C=O) groups is 2. The molecule has 1 fully saturated rings. The van der Waals surface area contributed by atoms with E-state index in [9.17, 15) is 22.8 Å². The Morgan fingerprint density at radius 3 is 2.17 bits per heavy atom. The van der Waals surface area contributed by atoms with Crippen LogP contribution in [0.15, 0.2) is 29.8 Å². The highest BCUT2D eigenvalue weighted by atomic mass is 19.4. The molecule has 1 saturated heterocycles. The van der Waals surface area contributed by atoms with Gasteiger partial charge in [0.25, 0.3) is 5.91 Å². The van der Waals surface area contributed by atoms with Crippen molar-refractivity contribution in [1.82, 2.24) is 5.32 Å². The number of imide groups is 1. The fraction of sp³-hybridized carbons (Fsp3) is 0.167. The van der Waals surface area contributed by atoms with Crippen molar-refractivity contribution in [2.75, 3.05) is 0 Å². The van der Waals surface area contributed by atoms with E-state index in [4.69, 9.17) is 0 Å². The van der Waals surface area contributed by atoms with Gasteiger partial charge in [-0.15, -0.1) is 0 Å². The maximum atomic E-state index is 12.3. The number of halogens is 3. The number of rotatable bonds is 1. The summed E-state index contributed by atoms with van der Waals surface area (Å²) < 4.78 is 36.9. The predicted octanol–water partition coefficient (Wildman–Crippen LogP) is 2.14. The molecule has 0 aliphatic carbocycles. The molecule has 1 heterocycles. The summed E-state index contributed by atoms with van der Waals surface area (Å²) in [7, 11) is 0. The Labute approximate surface area is 100 Å². The van der Waals surface area contributed by atoms with Gasteiger partial charge < -0.3 is 0 Å². The van der Waals surface area contributed by atoms with E-state index >= 15 is 0 Å². The van der Waals surface area contributed by atoms with Crippen LogP contribution in [0.1, 0.15) is 17.5 Å². The average molecular weight is 255 g/mol. The Morgan fingerprint density at radius 1 is 1.11 bits per heavy atom. The largest absolute Gasteiger partial charge is 0.416 e. The van der Waals surface area contributed by atoms with Crippen molar-refractivity contribution >= 4 is 17.9 Å². The molecule has 1 aliphatic rings. The number of hydrogen-bond donors (Lipinski definition) is 1. The van der Waals surface area contributed by atoms with Crippen molar-refractivity contribution in [2.45, 2.75) is 12.6 Å². The van der Waals surface area contributed by atoms with E-state index < -0.39 is 23.6 Å². The van der Waals surface area contributed by atoms with E-state index in [1.807, 2.05) is 0 Å². The molecule has 1 aromatic rings. The molecular weight excluding hydrogens is 247 g/mol. The third kappa shape index (κ3) is 2.58. The maximum absolute atomic E-state index is 12.3. The molecule has 6 heteroatoms. The highest BCUT2D eigenvalue weighted by Gasteiger charge is 2.30. The van der Waals surface area contributed by atoms with Crippen LogP contribution in [-0.2, 0) is 15.8 Å². The van der Waals surface area contributed by atoms with Gasteiger partial charge >= 0.3 is 6.18 Å². The number of carbonyl (C=O) groups excluding carboxylic acids is 2. The predicted molar refractivity (Wildman–Crippen MR) is 57.2 cm³/mol. The van der Waals surface area contributed by atoms with Gasteiger partial charge in [0, 0.05) is 5.57 Å². The lowest BCUT2D eigenvalue weighted by Crippen LogP contribution is -2.19. The normalized spacial score (nSPS) is 18.3. The first-order valence-electron chi connectivity index (χ1n) is 5.08. The first-order valence-corrected chi connectivity index (χ1v) is 5.08. The van der Waals surface area contributed by atoms with Crippen molar-refractivity contribution in [1.29, 1.82) is 0 Å². The minimum absolute atomic E-state index is 0.0418. The summed E-state index contributed by atoms with van der Waals surface area (Å²) in [5, 5.41) is 2.10. The zero-order valence-corrected chi connectivity index (χ0v) is 9.04. The van der Waals surface area contributed by atoms with Gasteiger partial charge in [-0.05, 0) is 23.8 Å². The molecule has 0 saturated carbocycles. The molecule has 1 aromatic carbocycles. The molecule has 1 aliphatic heterocycles. The van der Waals surface area contributed by atoms with Crippen LogP contribution in [0.2, 0.25) is 0 Å². The Balaban J connectivity index is 2.24. The fourth-order valence-electron chi connectivity index (χ4n) is 1.59. The maximum Gasteiger partial charge on any atom is 0.416 e. The molecule has 0 spiro atoms. The van der Waals surface area contributed by atoms with E-state index in [1.165, 1.54) is 18.2 Å². The van der Waals surface area contributed by atoms with Crippen molar-refractivity contribution in [3.05, 3.63) is 41.0 Å². The third-order valence-electron chi connectivity index (χ3n) is 2.47. The molecule has 1 N–H and O–H groups in total. The lowest BCUT2D eigenvalue weighted by Gasteiger charge is -2.06. The van der Waals surface area contributed by atoms with Crippen LogP contribution in [0.25, 0.3) is 6.08 Å². The summed E-state index contributed by atoms with van der Waals surface area (Å²) in [6, 6.07) is 4.37. The Hall–Kier alpha value is -2.11. The third-order valence-corrected chi connectivity index (χ3v) is 2.47. The smallest absolute Gasteiger partial charge is 0.292 e. The van der Waals surface area contributed by atoms with Gasteiger partial charge in [-0.3, -0.25) is 14.9 Å². The molecule has 3 nitrogen and oxygen atoms in total. The van der Waals surface area contributed by atoms with Crippen LogP contribution in [-0.4, -0.2) is 11.8 Å². The van der Waals surface area contributed by atoms with E-state index in [1.54, 1.807) is 0 Å². The van der Waals surface area contributed by atoms with Gasteiger partial charge in [0.05, 0.1) is 12.0 Å². The fourth-order valence-corrected chi connectivity index (χ4v) is 1.59. The van der Waals surface area contributed by atoms with Crippen molar-refractivity contribution < 1.29 is 22.8 Å². The van der Waals surface area contributed by atoms with Gasteiger partial charge in [-0.2, -0.15) is 13.2 Å². The van der Waals surface area contributed by atoms with Crippen LogP contribution in [0.3, 0.4) is 0 Å². The number of benzene rings is 1. The first-order chi connectivity index (χ1) is 8.36. The molecule has 94 valence electrons. The van der Waals surface area contributed by atoms with Gasteiger partial charge in [0.2, 0.25) is 5.91 Å². The summed E-state index contributed by atoms with van der Waals surface area (Å²) in [4.78, 5) is 22.2. The molecule has 2 rings (SSSR count). The monoisotopic (exact) mass is 255 g/mol. The molecule has 0 radical (unpaired) electrons. The number of alkyl halides is 3. The van der Waals surface area contributed by atoms with Crippen molar-refractivity contribution in [2.24, 2.45) is 0 Å². The summed E-state index contributed by atoms with van der Waals surface area (Å²) in [5.41, 5.74) is -0.0563. The van der Waals surface area contributed by atoms with E-state index in [-0.39, 0.29) is 12.0 Å². The molecule has 18 heavy (non-hydrogen) atoms. The van der Waals surface area contributed by atoms with Crippen LogP contribution in [0.4, 0.5) is 13.2 Å². The second-order valence-electron chi connectivity index (χ2n) is 3.84. The molecule has 2 amide bonds. The molecule has 0 bridgehead atoms. The second kappa shape index (κ2) is 4.29. The number of nitrogens with one attached hydrogen (secondary N) is 1. The molecule has 0 aromatic heterocycles. The van der Waals surface area contributed by atoms with Gasteiger partial charge in [0.1, 0.15) is 0 Å². The average Bonchev–Trinajstić information content (AvgIpc) is 2.57. The van der Waals surface area contributed by atoms with Crippen LogP contribution in [0.5, 0.6) is 0 Å². The van der Waals surface area contributed by atoms with E-state index in [0.717, 1.165) is 12.1 Å². The minimum atomic E-state index is -4.38. The molecular formula is C12H8F3NO2. The van der Waals surface area contributed by atoms with Gasteiger partial charge in [-0.1, -0.05) is 12.1 Å². The van der Waals surface area contributed by atoms with Gasteiger partial charge in [0.15, 0.2) is 0 Å². The van der Waals surface area contributed by atoms with Crippen LogP contribution in [0, 0.1) is 0 Å². The zero-order chi connectivity index (χ0) is 13.3. The first kappa shape index (κ1) is 12.3. The van der Waals surface area contributed by atoms with Gasteiger partial charge in [-0.25, -0.2) is 0 Å². The molecule has 0 atom stereocenters. The van der Waals surface area contributed by atoms with E-state index in [0.29, 0.717) is 5.56 Å². The van der Waals surface area contributed by atoms with Crippen molar-refractivity contribution in [3.63, 3.8) is 0 Å². The Kier molecular flexibility index (Phi) is 2.94. The zero-order valence-electron chi connectivity index (χ0n) is 9.04. The minimum Gasteiger partial charge on any atom is -0.292 e. The van der Waals surface area contributed by atoms with Crippen LogP contribution >= 0.6 is 0 Å². The lowest BCUT2D eigenvalue weighted by molar-refractivity contribution is -0.137. The Morgan fingerprint density at radius 2 is 1.72 bits per heavy atom. The standard InChI is InChI=1S/C12H8F3NO2/c13-12(14,15)9-3-1-7(2-4-9)5-8-6-10(17)16-11(8)18/h1-5H,6H2,(H,16,17,18). The quantitative estimate of drug-likeness (QED) is 0.617. The molecule has 0 unspecified atom stereocenters. The summed E-state index contributed by atoms with van der Waals surface area (Å²) in [6.45, 7) is 0. The van der Waals surface area contributed by atoms with Crippen LogP contribution < -0.4 is 5.32 Å². The van der Waals surface area contributed by atoms with E-state index in [2.05, 4.69) is 5.32 Å². The second-order valence-corrected chi connectivity index (χ2v) is 3.84. The highest BCUT2D eigenvalue weighted by Crippen LogP contribution is 2.29. The summed E-state index contributed by atoms with van der Waals surface area (Å²) in [5.74, 6) is -0.905. The number of amides is 2. The summed E-state index contributed by atoms with van der Waals surface area (Å²) in [6.07, 6.45) is -3.02. The SMILES string of the molecule is O=C1CC(=Cc2ccc(C(F)(F)F)cc2)C(=O)N1. The van der Waals surface area contributed by atoms with Crippen molar-refractivity contribution in [3.8, 4) is 0 Å². The topological polar surface area (TPSA) is 46.2 Å². The summed E-state index contributed by atoms with van der Waals surface area (Å²) >= 11 is 0. The lowest BCUT2D eigenvalue weighted by atomic mass is 10.1. The highest BCUT2D eigenvalue weighted by molar-refractivity contribution is 6.15.